The average Bonchev–Trinajstić information content (AvgIpc) is 2.78. The first-order chi connectivity index (χ1) is 9.65. The molecule has 0 saturated carbocycles. The van der Waals surface area contributed by atoms with Crippen LogP contribution in [-0.2, 0) is 0 Å². The molecule has 2 heterocycles. The summed E-state index contributed by atoms with van der Waals surface area (Å²) in [6.07, 6.45) is 3.19. The van der Waals surface area contributed by atoms with E-state index in [1.165, 1.54) is 18.2 Å². The molecule has 3 aromatic rings. The van der Waals surface area contributed by atoms with Crippen LogP contribution in [0.15, 0.2) is 42.7 Å². The van der Waals surface area contributed by atoms with Crippen molar-refractivity contribution in [2.24, 2.45) is 0 Å². The van der Waals surface area contributed by atoms with Gasteiger partial charge in [-0.25, -0.2) is 9.18 Å². The molecule has 6 heteroatoms. The number of anilines is 2. The van der Waals surface area contributed by atoms with Crippen LogP contribution in [0.25, 0.3) is 10.9 Å². The van der Waals surface area contributed by atoms with Crippen LogP contribution in [0.1, 0.15) is 10.5 Å². The summed E-state index contributed by atoms with van der Waals surface area (Å²) in [5.74, 6) is -1.54. The molecule has 5 nitrogen and oxygen atoms in total. The van der Waals surface area contributed by atoms with E-state index >= 15 is 0 Å². The number of nitrogens with one attached hydrogen (secondary N) is 2. The number of hydrogen-bond acceptors (Lipinski definition) is 3. The van der Waals surface area contributed by atoms with Crippen molar-refractivity contribution in [1.82, 2.24) is 9.97 Å². The van der Waals surface area contributed by atoms with Gasteiger partial charge < -0.3 is 15.4 Å². The van der Waals surface area contributed by atoms with Gasteiger partial charge in [0, 0.05) is 23.5 Å². The number of H-pyrrole nitrogens is 1. The van der Waals surface area contributed by atoms with Gasteiger partial charge in [0.15, 0.2) is 0 Å². The summed E-state index contributed by atoms with van der Waals surface area (Å²) in [5, 5.41) is 12.9. The molecule has 0 atom stereocenters. The Morgan fingerprint density at radius 1 is 1.25 bits per heavy atom. The van der Waals surface area contributed by atoms with Crippen molar-refractivity contribution < 1.29 is 14.3 Å². The number of halogens is 1. The molecule has 2 aromatic heterocycles. The van der Waals surface area contributed by atoms with Crippen LogP contribution in [-0.4, -0.2) is 21.0 Å². The Hall–Kier alpha value is -2.89. The largest absolute Gasteiger partial charge is 0.477 e. The third kappa shape index (κ3) is 2.07. The van der Waals surface area contributed by atoms with Gasteiger partial charge in [-0.05, 0) is 30.3 Å². The molecule has 0 aliphatic rings. The van der Waals surface area contributed by atoms with Crippen LogP contribution >= 0.6 is 0 Å². The van der Waals surface area contributed by atoms with Crippen molar-refractivity contribution in [3.05, 3.63) is 54.2 Å². The molecule has 0 radical (unpaired) electrons. The van der Waals surface area contributed by atoms with Gasteiger partial charge >= 0.3 is 5.97 Å². The zero-order valence-electron chi connectivity index (χ0n) is 10.2. The number of aromatic carboxylic acids is 1. The number of benzene rings is 1. The minimum Gasteiger partial charge on any atom is -0.477 e. The first-order valence-electron chi connectivity index (χ1n) is 5.87. The van der Waals surface area contributed by atoms with Crippen LogP contribution < -0.4 is 5.32 Å². The minimum absolute atomic E-state index is 0.0117. The van der Waals surface area contributed by atoms with Gasteiger partial charge in [-0.15, -0.1) is 0 Å². The van der Waals surface area contributed by atoms with E-state index < -0.39 is 11.8 Å². The minimum atomic E-state index is -1.11. The predicted octanol–water partition coefficient (Wildman–Crippen LogP) is 3.14. The number of nitrogens with zero attached hydrogens (tertiary/aromatic N) is 1. The fourth-order valence-electron chi connectivity index (χ4n) is 2.04. The predicted molar refractivity (Wildman–Crippen MR) is 72.7 cm³/mol. The van der Waals surface area contributed by atoms with Gasteiger partial charge in [-0.2, -0.15) is 0 Å². The van der Waals surface area contributed by atoms with Crippen LogP contribution in [0.5, 0.6) is 0 Å². The molecule has 20 heavy (non-hydrogen) atoms. The molecular weight excluding hydrogens is 261 g/mol. The first kappa shape index (κ1) is 12.2. The van der Waals surface area contributed by atoms with Gasteiger partial charge in [-0.3, -0.25) is 4.98 Å². The number of carboxylic acid groups (broad SMARTS) is 1. The fraction of sp³-hybridized carbons (Fsp3) is 0. The van der Waals surface area contributed by atoms with E-state index in [-0.39, 0.29) is 5.69 Å². The molecule has 0 aliphatic carbocycles. The third-order valence-corrected chi connectivity index (χ3v) is 2.92. The summed E-state index contributed by atoms with van der Waals surface area (Å²) in [4.78, 5) is 17.9. The van der Waals surface area contributed by atoms with Crippen molar-refractivity contribution in [1.29, 1.82) is 0 Å². The highest BCUT2D eigenvalue weighted by atomic mass is 19.1. The second-order valence-electron chi connectivity index (χ2n) is 4.23. The highest BCUT2D eigenvalue weighted by Crippen LogP contribution is 2.30. The third-order valence-electron chi connectivity index (χ3n) is 2.92. The highest BCUT2D eigenvalue weighted by Gasteiger charge is 2.17. The maximum Gasteiger partial charge on any atom is 0.354 e. The smallest absolute Gasteiger partial charge is 0.354 e. The lowest BCUT2D eigenvalue weighted by atomic mass is 10.2. The number of aromatic amines is 1. The monoisotopic (exact) mass is 271 g/mol. The maximum absolute atomic E-state index is 13.2. The van der Waals surface area contributed by atoms with Gasteiger partial charge in [0.25, 0.3) is 0 Å². The summed E-state index contributed by atoms with van der Waals surface area (Å²) >= 11 is 0. The Morgan fingerprint density at radius 2 is 2.00 bits per heavy atom. The molecule has 0 aliphatic heterocycles. The lowest BCUT2D eigenvalue weighted by Gasteiger charge is -2.06. The zero-order valence-corrected chi connectivity index (χ0v) is 10.2. The van der Waals surface area contributed by atoms with E-state index in [2.05, 4.69) is 15.3 Å². The molecule has 3 rings (SSSR count). The Morgan fingerprint density at radius 3 is 2.70 bits per heavy atom. The van der Waals surface area contributed by atoms with E-state index in [9.17, 15) is 14.3 Å². The summed E-state index contributed by atoms with van der Waals surface area (Å²) in [6, 6.07) is 7.53. The van der Waals surface area contributed by atoms with Crippen molar-refractivity contribution in [2.45, 2.75) is 0 Å². The van der Waals surface area contributed by atoms with Crippen molar-refractivity contribution in [3.63, 3.8) is 0 Å². The SMILES string of the molecule is O=C(O)c1[nH]c2cc(F)ccc2c1Nc1ccncc1. The molecular formula is C14H10FN3O2. The summed E-state index contributed by atoms with van der Waals surface area (Å²) < 4.78 is 13.2. The summed E-state index contributed by atoms with van der Waals surface area (Å²) in [7, 11) is 0. The summed E-state index contributed by atoms with van der Waals surface area (Å²) in [6.45, 7) is 0. The normalized spacial score (nSPS) is 10.7. The molecule has 0 spiro atoms. The first-order valence-corrected chi connectivity index (χ1v) is 5.87. The van der Waals surface area contributed by atoms with Crippen LogP contribution in [0, 0.1) is 5.82 Å². The Bertz CT molecular complexity index is 784. The lowest BCUT2D eigenvalue weighted by Crippen LogP contribution is -2.01. The molecule has 0 saturated heterocycles. The Labute approximate surface area is 113 Å². The van der Waals surface area contributed by atoms with E-state index in [1.54, 1.807) is 24.5 Å². The second-order valence-corrected chi connectivity index (χ2v) is 4.23. The van der Waals surface area contributed by atoms with E-state index in [1.807, 2.05) is 0 Å². The molecule has 100 valence electrons. The number of fused-ring (bicyclic) bond motifs is 1. The fourth-order valence-corrected chi connectivity index (χ4v) is 2.04. The van der Waals surface area contributed by atoms with E-state index in [0.29, 0.717) is 22.3 Å². The van der Waals surface area contributed by atoms with Crippen LogP contribution in [0.3, 0.4) is 0 Å². The molecule has 0 bridgehead atoms. The number of rotatable bonds is 3. The van der Waals surface area contributed by atoms with Crippen molar-refractivity contribution >= 4 is 28.2 Å². The van der Waals surface area contributed by atoms with Gasteiger partial charge in [0.1, 0.15) is 11.5 Å². The van der Waals surface area contributed by atoms with E-state index in [0.717, 1.165) is 0 Å². The molecule has 0 amide bonds. The number of carbonyl (C=O) groups is 1. The Kier molecular flexibility index (Phi) is 2.83. The van der Waals surface area contributed by atoms with Crippen molar-refractivity contribution in [2.75, 3.05) is 5.32 Å². The van der Waals surface area contributed by atoms with Crippen LogP contribution in [0.4, 0.5) is 15.8 Å². The number of pyridine rings is 1. The van der Waals surface area contributed by atoms with Gasteiger partial charge in [0.05, 0.1) is 11.2 Å². The number of carboxylic acids is 1. The van der Waals surface area contributed by atoms with Crippen LogP contribution in [0.2, 0.25) is 0 Å². The molecule has 0 fully saturated rings. The maximum atomic E-state index is 13.2. The molecule has 0 unspecified atom stereocenters. The van der Waals surface area contributed by atoms with Gasteiger partial charge in [-0.1, -0.05) is 0 Å². The zero-order chi connectivity index (χ0) is 14.1. The number of hydrogen-bond donors (Lipinski definition) is 3. The molecule has 1 aromatic carbocycles. The molecule has 3 N–H and O–H groups in total. The summed E-state index contributed by atoms with van der Waals surface area (Å²) in [5.41, 5.74) is 1.52. The quantitative estimate of drug-likeness (QED) is 0.683. The number of aromatic nitrogens is 2. The standard InChI is InChI=1S/C14H10FN3O2/c15-8-1-2-10-11(7-8)18-13(14(19)20)12(10)17-9-3-5-16-6-4-9/h1-7,18H,(H,16,17)(H,19,20). The lowest BCUT2D eigenvalue weighted by molar-refractivity contribution is 0.0692. The van der Waals surface area contributed by atoms with E-state index in [4.69, 9.17) is 0 Å². The highest BCUT2D eigenvalue weighted by molar-refractivity contribution is 6.06. The topological polar surface area (TPSA) is 78.0 Å². The van der Waals surface area contributed by atoms with Gasteiger partial charge in [0.2, 0.25) is 0 Å². The second kappa shape index (κ2) is 4.65. The Balaban J connectivity index is 2.16. The van der Waals surface area contributed by atoms with Crippen molar-refractivity contribution in [3.8, 4) is 0 Å². The average molecular weight is 271 g/mol.